The molecule has 6 heteroatoms. The summed E-state index contributed by atoms with van der Waals surface area (Å²) in [6.45, 7) is 6.04. The molecule has 26 heavy (non-hydrogen) atoms. The Labute approximate surface area is 153 Å². The van der Waals surface area contributed by atoms with Crippen molar-refractivity contribution in [3.05, 3.63) is 66.2 Å². The molecule has 0 aliphatic heterocycles. The van der Waals surface area contributed by atoms with Gasteiger partial charge in [-0.1, -0.05) is 6.58 Å². The molecule has 0 bridgehead atoms. The maximum atomic E-state index is 11.4. The maximum absolute atomic E-state index is 11.4. The first kappa shape index (κ1) is 18.9. The van der Waals surface area contributed by atoms with Crippen molar-refractivity contribution >= 4 is 23.0 Å². The predicted octanol–water partition coefficient (Wildman–Crippen LogP) is 4.53. The van der Waals surface area contributed by atoms with Gasteiger partial charge in [-0.15, -0.1) is 0 Å². The van der Waals surface area contributed by atoms with Crippen LogP contribution in [0.5, 0.6) is 0 Å². The zero-order valence-corrected chi connectivity index (χ0v) is 14.8. The first-order chi connectivity index (χ1) is 12.5. The second kappa shape index (κ2) is 9.14. The summed E-state index contributed by atoms with van der Waals surface area (Å²) in [5, 5.41) is 17.1. The van der Waals surface area contributed by atoms with E-state index < -0.39 is 0 Å². The molecule has 0 amide bonds. The minimum atomic E-state index is -0.378. The summed E-state index contributed by atoms with van der Waals surface area (Å²) in [7, 11) is 1.92. The number of esters is 1. The monoisotopic (exact) mass is 348 g/mol. The van der Waals surface area contributed by atoms with Gasteiger partial charge in [0.15, 0.2) is 0 Å². The maximum Gasteiger partial charge on any atom is 0.333 e. The Bertz CT molecular complexity index is 834. The average Bonchev–Trinajstić information content (AvgIpc) is 2.66. The van der Waals surface area contributed by atoms with Crippen LogP contribution >= 0.6 is 0 Å². The smallest absolute Gasteiger partial charge is 0.333 e. The number of rotatable bonds is 7. The first-order valence-corrected chi connectivity index (χ1v) is 8.05. The molecule has 0 saturated carbocycles. The quantitative estimate of drug-likeness (QED) is 0.418. The Hall–Kier alpha value is -3.46. The number of azo groups is 1. The number of hydrogen-bond acceptors (Lipinski definition) is 6. The van der Waals surface area contributed by atoms with Gasteiger partial charge in [-0.2, -0.15) is 15.5 Å². The van der Waals surface area contributed by atoms with E-state index >= 15 is 0 Å². The lowest BCUT2D eigenvalue weighted by Crippen LogP contribution is -2.23. The van der Waals surface area contributed by atoms with Crippen LogP contribution in [-0.4, -0.2) is 26.2 Å². The van der Waals surface area contributed by atoms with E-state index in [1.54, 1.807) is 31.2 Å². The molecule has 6 nitrogen and oxygen atoms in total. The molecule has 0 N–H and O–H groups in total. The molecule has 0 radical (unpaired) electrons. The summed E-state index contributed by atoms with van der Waals surface area (Å²) in [6.07, 6.45) is 0. The highest BCUT2D eigenvalue weighted by Crippen LogP contribution is 2.22. The Balaban J connectivity index is 1.90. The van der Waals surface area contributed by atoms with Crippen LogP contribution in [0.4, 0.5) is 17.1 Å². The number of carbonyl (C=O) groups excluding carboxylic acids is 1. The summed E-state index contributed by atoms with van der Waals surface area (Å²) in [6, 6.07) is 16.5. The number of ether oxygens (including phenoxy) is 1. The third-order valence-corrected chi connectivity index (χ3v) is 3.58. The van der Waals surface area contributed by atoms with Crippen molar-refractivity contribution in [3.8, 4) is 6.07 Å². The van der Waals surface area contributed by atoms with E-state index in [2.05, 4.69) is 22.9 Å². The van der Waals surface area contributed by atoms with Gasteiger partial charge in [0, 0.05) is 18.3 Å². The van der Waals surface area contributed by atoms with E-state index in [1.807, 2.05) is 36.2 Å². The van der Waals surface area contributed by atoms with Gasteiger partial charge < -0.3 is 9.64 Å². The van der Waals surface area contributed by atoms with Crippen molar-refractivity contribution in [2.24, 2.45) is 10.2 Å². The largest absolute Gasteiger partial charge is 0.460 e. The summed E-state index contributed by atoms with van der Waals surface area (Å²) in [4.78, 5) is 13.3. The highest BCUT2D eigenvalue weighted by molar-refractivity contribution is 5.86. The molecule has 0 spiro atoms. The minimum absolute atomic E-state index is 0.294. The fraction of sp³-hybridized carbons (Fsp3) is 0.200. The van der Waals surface area contributed by atoms with E-state index in [0.717, 1.165) is 11.4 Å². The van der Waals surface area contributed by atoms with Gasteiger partial charge in [0.05, 0.1) is 29.6 Å². The van der Waals surface area contributed by atoms with Crippen LogP contribution in [0.25, 0.3) is 0 Å². The molecule has 0 saturated heterocycles. The standard InChI is InChI=1S/C20H20N4O2/c1-15(2)20(25)26-13-12-24(3)19-10-8-18(9-11-19)23-22-17-6-4-16(14-21)5-7-17/h4-11H,1,12-13H2,2-3H3. The normalized spacial score (nSPS) is 10.3. The molecule has 0 heterocycles. The van der Waals surface area contributed by atoms with E-state index in [0.29, 0.717) is 30.0 Å². The number of anilines is 1. The number of nitriles is 1. The van der Waals surface area contributed by atoms with Crippen LogP contribution in [0.1, 0.15) is 12.5 Å². The molecule has 0 unspecified atom stereocenters. The molecule has 2 rings (SSSR count). The molecule has 0 atom stereocenters. The summed E-state index contributed by atoms with van der Waals surface area (Å²) < 4.78 is 5.09. The summed E-state index contributed by atoms with van der Waals surface area (Å²) in [5.74, 6) is -0.378. The topological polar surface area (TPSA) is 78.0 Å². The van der Waals surface area contributed by atoms with Gasteiger partial charge in [0.2, 0.25) is 0 Å². The van der Waals surface area contributed by atoms with Crippen molar-refractivity contribution in [2.45, 2.75) is 6.92 Å². The Kier molecular flexibility index (Phi) is 6.63. The van der Waals surface area contributed by atoms with E-state index in [-0.39, 0.29) is 5.97 Å². The van der Waals surface area contributed by atoms with E-state index in [9.17, 15) is 4.79 Å². The number of hydrogen-bond donors (Lipinski definition) is 0. The second-order valence-electron chi connectivity index (χ2n) is 5.71. The number of benzene rings is 2. The molecule has 0 aliphatic rings. The molecule has 0 fully saturated rings. The average molecular weight is 348 g/mol. The van der Waals surface area contributed by atoms with Gasteiger partial charge in [-0.25, -0.2) is 4.79 Å². The zero-order valence-electron chi connectivity index (χ0n) is 14.8. The van der Waals surface area contributed by atoms with Crippen LogP contribution in [0, 0.1) is 11.3 Å². The third kappa shape index (κ3) is 5.56. The highest BCUT2D eigenvalue weighted by Gasteiger charge is 2.05. The van der Waals surface area contributed by atoms with Gasteiger partial charge >= 0.3 is 5.97 Å². The molecular formula is C20H20N4O2. The van der Waals surface area contributed by atoms with Crippen LogP contribution in [0.3, 0.4) is 0 Å². The van der Waals surface area contributed by atoms with Crippen LogP contribution in [0.15, 0.2) is 70.9 Å². The molecule has 132 valence electrons. The van der Waals surface area contributed by atoms with E-state index in [4.69, 9.17) is 10.00 Å². The highest BCUT2D eigenvalue weighted by atomic mass is 16.5. The number of nitrogens with zero attached hydrogens (tertiary/aromatic N) is 4. The Morgan fingerprint density at radius 2 is 1.65 bits per heavy atom. The Morgan fingerprint density at radius 1 is 1.12 bits per heavy atom. The molecular weight excluding hydrogens is 328 g/mol. The minimum Gasteiger partial charge on any atom is -0.460 e. The number of likely N-dealkylation sites (N-methyl/N-ethyl adjacent to an activating group) is 1. The summed E-state index contributed by atoms with van der Waals surface area (Å²) in [5.41, 5.74) is 3.37. The number of carbonyl (C=O) groups is 1. The fourth-order valence-corrected chi connectivity index (χ4v) is 2.02. The van der Waals surface area contributed by atoms with Crippen molar-refractivity contribution in [2.75, 3.05) is 25.1 Å². The lowest BCUT2D eigenvalue weighted by atomic mass is 10.2. The summed E-state index contributed by atoms with van der Waals surface area (Å²) >= 11 is 0. The van der Waals surface area contributed by atoms with Gasteiger partial charge in [0.1, 0.15) is 6.61 Å². The third-order valence-electron chi connectivity index (χ3n) is 3.58. The lowest BCUT2D eigenvalue weighted by Gasteiger charge is -2.19. The van der Waals surface area contributed by atoms with Crippen LogP contribution < -0.4 is 4.90 Å². The molecule has 2 aromatic carbocycles. The molecule has 0 aliphatic carbocycles. The first-order valence-electron chi connectivity index (χ1n) is 8.05. The van der Waals surface area contributed by atoms with Gasteiger partial charge in [-0.05, 0) is 55.5 Å². The fourth-order valence-electron chi connectivity index (χ4n) is 2.02. The van der Waals surface area contributed by atoms with Crippen LogP contribution in [0.2, 0.25) is 0 Å². The Morgan fingerprint density at radius 3 is 2.15 bits per heavy atom. The molecule has 0 aromatic heterocycles. The van der Waals surface area contributed by atoms with E-state index in [1.165, 1.54) is 0 Å². The van der Waals surface area contributed by atoms with Crippen molar-refractivity contribution in [3.63, 3.8) is 0 Å². The van der Waals surface area contributed by atoms with Crippen molar-refractivity contribution in [1.29, 1.82) is 5.26 Å². The predicted molar refractivity (Wildman–Crippen MR) is 101 cm³/mol. The lowest BCUT2D eigenvalue weighted by molar-refractivity contribution is -0.138. The van der Waals surface area contributed by atoms with Gasteiger partial charge in [-0.3, -0.25) is 0 Å². The van der Waals surface area contributed by atoms with Crippen molar-refractivity contribution in [1.82, 2.24) is 0 Å². The van der Waals surface area contributed by atoms with Crippen LogP contribution in [-0.2, 0) is 9.53 Å². The second-order valence-corrected chi connectivity index (χ2v) is 5.71. The van der Waals surface area contributed by atoms with Crippen molar-refractivity contribution < 1.29 is 9.53 Å². The van der Waals surface area contributed by atoms with Gasteiger partial charge in [0.25, 0.3) is 0 Å². The zero-order chi connectivity index (χ0) is 18.9. The molecule has 2 aromatic rings. The SMILES string of the molecule is C=C(C)C(=O)OCCN(C)c1ccc(N=Nc2ccc(C#N)cc2)cc1.